The number of fused-ring (bicyclic) bond motifs is 1. The molecule has 0 spiro atoms. The van der Waals surface area contributed by atoms with Gasteiger partial charge in [0.15, 0.2) is 0 Å². The zero-order valence-electron chi connectivity index (χ0n) is 15.2. The molecule has 1 aliphatic heterocycles. The standard InChI is InChI=1S/C19H21FN2O4S2/c20-14-6-2-4-8-16(14)28(24,25)21-18-17(13-5-1-3-7-15(13)27-18)19(23)22-9-11-26-12-10-22/h2,4,6,8,21H,1,3,5,7,9-12H2. The van der Waals surface area contributed by atoms with Gasteiger partial charge >= 0.3 is 0 Å². The van der Waals surface area contributed by atoms with Gasteiger partial charge in [0.25, 0.3) is 15.9 Å². The number of thiophene rings is 1. The molecular formula is C19H21FN2O4S2. The second-order valence-corrected chi connectivity index (χ2v) is 9.61. The first kappa shape index (κ1) is 19.4. The van der Waals surface area contributed by atoms with Gasteiger partial charge in [0.05, 0.1) is 18.8 Å². The van der Waals surface area contributed by atoms with E-state index in [2.05, 4.69) is 4.72 Å². The molecule has 4 rings (SSSR count). The normalized spacial score (nSPS) is 17.2. The molecule has 1 amide bonds. The van der Waals surface area contributed by atoms with Crippen LogP contribution in [0.3, 0.4) is 0 Å². The van der Waals surface area contributed by atoms with Crippen molar-refractivity contribution in [3.63, 3.8) is 0 Å². The van der Waals surface area contributed by atoms with Crippen molar-refractivity contribution in [3.05, 3.63) is 46.1 Å². The highest BCUT2D eigenvalue weighted by atomic mass is 32.2. The molecule has 1 aliphatic carbocycles. The Morgan fingerprint density at radius 3 is 2.61 bits per heavy atom. The number of anilines is 1. The molecular weight excluding hydrogens is 403 g/mol. The van der Waals surface area contributed by atoms with Crippen LogP contribution in [0.25, 0.3) is 0 Å². The molecule has 0 atom stereocenters. The summed E-state index contributed by atoms with van der Waals surface area (Å²) in [5.74, 6) is -1.01. The number of morpholine rings is 1. The molecule has 0 radical (unpaired) electrons. The van der Waals surface area contributed by atoms with E-state index < -0.39 is 20.7 Å². The van der Waals surface area contributed by atoms with Crippen LogP contribution < -0.4 is 4.72 Å². The van der Waals surface area contributed by atoms with Crippen molar-refractivity contribution >= 4 is 32.3 Å². The van der Waals surface area contributed by atoms with Crippen LogP contribution in [0, 0.1) is 5.82 Å². The molecule has 150 valence electrons. The summed E-state index contributed by atoms with van der Waals surface area (Å²) in [5, 5.41) is 0.284. The van der Waals surface area contributed by atoms with Crippen molar-refractivity contribution in [2.24, 2.45) is 0 Å². The molecule has 1 N–H and O–H groups in total. The molecule has 1 aromatic carbocycles. The van der Waals surface area contributed by atoms with Crippen molar-refractivity contribution < 1.29 is 22.3 Å². The van der Waals surface area contributed by atoms with E-state index in [1.54, 1.807) is 4.90 Å². The van der Waals surface area contributed by atoms with Crippen LogP contribution in [0.15, 0.2) is 29.2 Å². The summed E-state index contributed by atoms with van der Waals surface area (Å²) in [6.45, 7) is 1.88. The number of hydrogen-bond acceptors (Lipinski definition) is 5. The maximum Gasteiger partial charge on any atom is 0.265 e. The molecule has 6 nitrogen and oxygen atoms in total. The molecule has 0 saturated carbocycles. The van der Waals surface area contributed by atoms with E-state index in [4.69, 9.17) is 4.74 Å². The molecule has 0 unspecified atom stereocenters. The number of nitrogens with zero attached hydrogens (tertiary/aromatic N) is 1. The van der Waals surface area contributed by atoms with Crippen LogP contribution in [-0.2, 0) is 27.6 Å². The molecule has 2 aromatic rings. The van der Waals surface area contributed by atoms with Crippen molar-refractivity contribution in [1.29, 1.82) is 0 Å². The number of carbonyl (C=O) groups is 1. The van der Waals surface area contributed by atoms with E-state index >= 15 is 0 Å². The maximum atomic E-state index is 14.1. The summed E-state index contributed by atoms with van der Waals surface area (Å²) < 4.78 is 47.5. The number of aryl methyl sites for hydroxylation is 1. The zero-order valence-corrected chi connectivity index (χ0v) is 16.9. The summed E-state index contributed by atoms with van der Waals surface area (Å²) in [7, 11) is -4.14. The molecule has 0 bridgehead atoms. The Kier molecular flexibility index (Phi) is 5.39. The highest BCUT2D eigenvalue weighted by Crippen LogP contribution is 2.40. The lowest BCUT2D eigenvalue weighted by Crippen LogP contribution is -2.41. The van der Waals surface area contributed by atoms with Gasteiger partial charge in [-0.15, -0.1) is 11.3 Å². The van der Waals surface area contributed by atoms with E-state index in [-0.39, 0.29) is 10.9 Å². The minimum atomic E-state index is -4.14. The van der Waals surface area contributed by atoms with Gasteiger partial charge in [-0.25, -0.2) is 12.8 Å². The minimum absolute atomic E-state index is 0.186. The number of ether oxygens (including phenoxy) is 1. The SMILES string of the molecule is O=C(c1c(NS(=O)(=O)c2ccccc2F)sc2c1CCCC2)N1CCOCC1. The first-order valence-corrected chi connectivity index (χ1v) is 11.6. The summed E-state index contributed by atoms with van der Waals surface area (Å²) >= 11 is 1.29. The number of halogens is 1. The maximum absolute atomic E-state index is 14.1. The van der Waals surface area contributed by atoms with Crippen LogP contribution in [0.2, 0.25) is 0 Å². The number of nitrogens with one attached hydrogen (secondary N) is 1. The predicted octanol–water partition coefficient (Wildman–Crippen LogP) is 3.04. The van der Waals surface area contributed by atoms with Gasteiger partial charge < -0.3 is 9.64 Å². The van der Waals surface area contributed by atoms with Gasteiger partial charge in [-0.2, -0.15) is 0 Å². The number of benzene rings is 1. The van der Waals surface area contributed by atoms with Crippen LogP contribution in [0.1, 0.15) is 33.6 Å². The van der Waals surface area contributed by atoms with Gasteiger partial charge in [0, 0.05) is 18.0 Å². The summed E-state index contributed by atoms with van der Waals surface area (Å²) in [5.41, 5.74) is 1.35. The number of sulfonamides is 1. The van der Waals surface area contributed by atoms with Crippen molar-refractivity contribution in [1.82, 2.24) is 4.90 Å². The van der Waals surface area contributed by atoms with Crippen molar-refractivity contribution in [2.45, 2.75) is 30.6 Å². The molecule has 28 heavy (non-hydrogen) atoms. The fourth-order valence-electron chi connectivity index (χ4n) is 3.63. The Balaban J connectivity index is 1.73. The molecule has 1 aromatic heterocycles. The summed E-state index contributed by atoms with van der Waals surface area (Å²) in [4.78, 5) is 15.5. The highest BCUT2D eigenvalue weighted by molar-refractivity contribution is 7.93. The van der Waals surface area contributed by atoms with Gasteiger partial charge in [-0.3, -0.25) is 9.52 Å². The van der Waals surface area contributed by atoms with Crippen LogP contribution in [0.4, 0.5) is 9.39 Å². The Bertz CT molecular complexity index is 997. The van der Waals surface area contributed by atoms with Gasteiger partial charge in [-0.05, 0) is 43.4 Å². The molecule has 2 heterocycles. The van der Waals surface area contributed by atoms with Crippen molar-refractivity contribution in [2.75, 3.05) is 31.0 Å². The van der Waals surface area contributed by atoms with Gasteiger partial charge in [-0.1, -0.05) is 12.1 Å². The molecule has 1 saturated heterocycles. The van der Waals surface area contributed by atoms with E-state index in [1.165, 1.54) is 29.5 Å². The van der Waals surface area contributed by atoms with Gasteiger partial charge in [0.2, 0.25) is 0 Å². The number of carbonyl (C=O) groups excluding carboxylic acids is 1. The third kappa shape index (κ3) is 3.66. The number of hydrogen-bond donors (Lipinski definition) is 1. The second-order valence-electron chi connectivity index (χ2n) is 6.86. The van der Waals surface area contributed by atoms with Crippen LogP contribution in [0.5, 0.6) is 0 Å². The fourth-order valence-corrected chi connectivity index (χ4v) is 6.30. The van der Waals surface area contributed by atoms with E-state index in [9.17, 15) is 17.6 Å². The first-order valence-electron chi connectivity index (χ1n) is 9.26. The Morgan fingerprint density at radius 1 is 1.14 bits per heavy atom. The highest BCUT2D eigenvalue weighted by Gasteiger charge is 2.31. The molecule has 1 fully saturated rings. The third-order valence-corrected chi connectivity index (χ3v) is 7.76. The number of amides is 1. The predicted molar refractivity (Wildman–Crippen MR) is 105 cm³/mol. The smallest absolute Gasteiger partial charge is 0.265 e. The van der Waals surface area contributed by atoms with Crippen LogP contribution >= 0.6 is 11.3 Å². The molecule has 2 aliphatic rings. The Hall–Kier alpha value is -1.97. The zero-order chi connectivity index (χ0) is 19.7. The second kappa shape index (κ2) is 7.81. The van der Waals surface area contributed by atoms with Gasteiger partial charge in [0.1, 0.15) is 15.7 Å². The molecule has 9 heteroatoms. The Morgan fingerprint density at radius 2 is 1.86 bits per heavy atom. The number of rotatable bonds is 4. The summed E-state index contributed by atoms with van der Waals surface area (Å²) in [6, 6.07) is 5.23. The lowest BCUT2D eigenvalue weighted by Gasteiger charge is -2.27. The average molecular weight is 425 g/mol. The lowest BCUT2D eigenvalue weighted by molar-refractivity contribution is 0.0303. The van der Waals surface area contributed by atoms with Crippen molar-refractivity contribution in [3.8, 4) is 0 Å². The van der Waals surface area contributed by atoms with E-state index in [0.717, 1.165) is 42.2 Å². The third-order valence-electron chi connectivity index (χ3n) is 5.04. The monoisotopic (exact) mass is 424 g/mol. The summed E-state index contributed by atoms with van der Waals surface area (Å²) in [6.07, 6.45) is 3.55. The van der Waals surface area contributed by atoms with E-state index in [0.29, 0.717) is 31.9 Å². The fraction of sp³-hybridized carbons (Fsp3) is 0.421. The van der Waals surface area contributed by atoms with Crippen LogP contribution in [-0.4, -0.2) is 45.5 Å². The average Bonchev–Trinajstić information content (AvgIpc) is 3.05. The lowest BCUT2D eigenvalue weighted by atomic mass is 9.95. The topological polar surface area (TPSA) is 75.7 Å². The van der Waals surface area contributed by atoms with E-state index in [1.807, 2.05) is 0 Å². The Labute approximate surface area is 167 Å². The minimum Gasteiger partial charge on any atom is -0.378 e. The first-order chi connectivity index (χ1) is 13.5. The largest absolute Gasteiger partial charge is 0.378 e. The quantitative estimate of drug-likeness (QED) is 0.819.